The zero-order chi connectivity index (χ0) is 19.6. The minimum atomic E-state index is -0.409. The first-order valence-corrected chi connectivity index (χ1v) is 8.74. The lowest BCUT2D eigenvalue weighted by molar-refractivity contribution is -0.118. The van der Waals surface area contributed by atoms with Crippen LogP contribution in [0.2, 0.25) is 0 Å². The molecule has 0 saturated carbocycles. The van der Waals surface area contributed by atoms with Crippen molar-refractivity contribution in [3.05, 3.63) is 57.0 Å². The number of aromatic amines is 1. The number of nitrogens with one attached hydrogen (secondary N) is 2. The minimum Gasteiger partial charge on any atom is -0.325 e. The van der Waals surface area contributed by atoms with Gasteiger partial charge in [-0.25, -0.2) is 0 Å². The fourth-order valence-electron chi connectivity index (χ4n) is 3.41. The molecule has 0 unspecified atom stereocenters. The first-order valence-electron chi connectivity index (χ1n) is 8.74. The predicted molar refractivity (Wildman–Crippen MR) is 102 cm³/mol. The number of amides is 2. The van der Waals surface area contributed by atoms with E-state index in [4.69, 9.17) is 0 Å². The fraction of sp³-hybridized carbons (Fsp3) is 0.300. The first-order chi connectivity index (χ1) is 12.9. The van der Waals surface area contributed by atoms with Crippen LogP contribution in [0.15, 0.2) is 29.1 Å². The Morgan fingerprint density at radius 2 is 2.00 bits per heavy atom. The number of fused-ring (bicyclic) bond motifs is 1. The molecule has 2 amide bonds. The largest absolute Gasteiger partial charge is 0.325 e. The van der Waals surface area contributed by atoms with Crippen molar-refractivity contribution in [2.24, 2.45) is 0 Å². The highest BCUT2D eigenvalue weighted by Gasteiger charge is 2.24. The van der Waals surface area contributed by atoms with E-state index < -0.39 is 5.56 Å². The van der Waals surface area contributed by atoms with E-state index in [0.29, 0.717) is 35.6 Å². The maximum absolute atomic E-state index is 12.9. The van der Waals surface area contributed by atoms with Crippen LogP contribution in [0.5, 0.6) is 0 Å². The summed E-state index contributed by atoms with van der Waals surface area (Å²) in [6, 6.07) is 9.14. The van der Waals surface area contributed by atoms with Crippen molar-refractivity contribution in [2.75, 3.05) is 16.8 Å². The Balaban J connectivity index is 1.84. The zero-order valence-electron chi connectivity index (χ0n) is 15.3. The number of aryl methyl sites for hydroxylation is 1. The van der Waals surface area contributed by atoms with Gasteiger partial charge in [0.2, 0.25) is 11.8 Å². The molecule has 2 aromatic rings. The summed E-state index contributed by atoms with van der Waals surface area (Å²) < 4.78 is 0. The van der Waals surface area contributed by atoms with Crippen molar-refractivity contribution in [1.29, 1.82) is 5.26 Å². The molecule has 1 aromatic carbocycles. The van der Waals surface area contributed by atoms with Gasteiger partial charge >= 0.3 is 0 Å². The number of carbonyl (C=O) groups excluding carboxylic acids is 2. The van der Waals surface area contributed by atoms with Gasteiger partial charge in [0.25, 0.3) is 5.56 Å². The Kier molecular flexibility index (Phi) is 5.08. The number of H-pyrrole nitrogens is 1. The summed E-state index contributed by atoms with van der Waals surface area (Å²) >= 11 is 0. The van der Waals surface area contributed by atoms with Gasteiger partial charge < -0.3 is 15.2 Å². The van der Waals surface area contributed by atoms with Gasteiger partial charge in [-0.05, 0) is 43.5 Å². The van der Waals surface area contributed by atoms with Crippen LogP contribution in [-0.4, -0.2) is 23.3 Å². The molecular weight excluding hydrogens is 344 g/mol. The highest BCUT2D eigenvalue weighted by atomic mass is 16.2. The summed E-state index contributed by atoms with van der Waals surface area (Å²) in [5.74, 6) is -0.230. The van der Waals surface area contributed by atoms with Crippen LogP contribution in [0.1, 0.15) is 35.2 Å². The van der Waals surface area contributed by atoms with Gasteiger partial charge in [-0.2, -0.15) is 5.26 Å². The quantitative estimate of drug-likeness (QED) is 0.870. The SMILES string of the molecule is Cc1[nH]c(=O)c(C#N)c(C)c1CCC(=O)N1CCC(=O)Nc2ccccc21. The molecule has 27 heavy (non-hydrogen) atoms. The number of para-hydroxylation sites is 2. The van der Waals surface area contributed by atoms with E-state index >= 15 is 0 Å². The van der Waals surface area contributed by atoms with E-state index in [-0.39, 0.29) is 30.2 Å². The predicted octanol–water partition coefficient (Wildman–Crippen LogP) is 2.17. The molecule has 0 saturated heterocycles. The molecular formula is C20H20N4O3. The van der Waals surface area contributed by atoms with Crippen LogP contribution in [-0.2, 0) is 16.0 Å². The lowest BCUT2D eigenvalue weighted by Gasteiger charge is -2.22. The van der Waals surface area contributed by atoms with E-state index in [9.17, 15) is 19.6 Å². The molecule has 0 bridgehead atoms. The van der Waals surface area contributed by atoms with Gasteiger partial charge in [-0.1, -0.05) is 12.1 Å². The highest BCUT2D eigenvalue weighted by molar-refractivity contribution is 6.03. The summed E-state index contributed by atoms with van der Waals surface area (Å²) in [4.78, 5) is 40.9. The topological polar surface area (TPSA) is 106 Å². The van der Waals surface area contributed by atoms with E-state index in [1.807, 2.05) is 24.3 Å². The maximum atomic E-state index is 12.9. The number of benzene rings is 1. The molecule has 1 aromatic heterocycles. The lowest BCUT2D eigenvalue weighted by Crippen LogP contribution is -2.32. The van der Waals surface area contributed by atoms with Crippen LogP contribution in [0.3, 0.4) is 0 Å². The Morgan fingerprint density at radius 1 is 1.26 bits per heavy atom. The number of rotatable bonds is 3. The zero-order valence-corrected chi connectivity index (χ0v) is 15.3. The molecule has 1 aliphatic heterocycles. The molecule has 138 valence electrons. The molecule has 1 aliphatic rings. The minimum absolute atomic E-state index is 0.0814. The summed E-state index contributed by atoms with van der Waals surface area (Å²) in [6.45, 7) is 3.80. The molecule has 0 spiro atoms. The second-order valence-corrected chi connectivity index (χ2v) is 6.53. The molecule has 0 fully saturated rings. The van der Waals surface area contributed by atoms with Gasteiger partial charge in [-0.3, -0.25) is 14.4 Å². The third-order valence-electron chi connectivity index (χ3n) is 4.84. The number of hydrogen-bond donors (Lipinski definition) is 2. The lowest BCUT2D eigenvalue weighted by atomic mass is 9.99. The molecule has 7 nitrogen and oxygen atoms in total. The molecule has 0 atom stereocenters. The van der Waals surface area contributed by atoms with Crippen LogP contribution in [0.25, 0.3) is 0 Å². The Bertz CT molecular complexity index is 1020. The smallest absolute Gasteiger partial charge is 0.266 e. The summed E-state index contributed by atoms with van der Waals surface area (Å²) in [7, 11) is 0. The van der Waals surface area contributed by atoms with Crippen molar-refractivity contribution < 1.29 is 9.59 Å². The standard InChI is InChI=1S/C20H20N4O3/c1-12-14(13(2)22-20(27)15(12)11-21)7-8-19(26)24-10-9-18(25)23-16-5-3-4-6-17(16)24/h3-6H,7-10H2,1-2H3,(H,22,27)(H,23,25). The molecule has 7 heteroatoms. The van der Waals surface area contributed by atoms with Crippen molar-refractivity contribution >= 4 is 23.2 Å². The Morgan fingerprint density at radius 3 is 2.74 bits per heavy atom. The highest BCUT2D eigenvalue weighted by Crippen LogP contribution is 2.29. The molecule has 2 heterocycles. The van der Waals surface area contributed by atoms with E-state index in [1.54, 1.807) is 24.8 Å². The summed E-state index contributed by atoms with van der Waals surface area (Å²) in [5, 5.41) is 12.0. The van der Waals surface area contributed by atoms with Crippen LogP contribution in [0.4, 0.5) is 11.4 Å². The number of hydrogen-bond acceptors (Lipinski definition) is 4. The number of anilines is 2. The normalized spacial score (nSPS) is 13.4. The first kappa shape index (κ1) is 18.4. The van der Waals surface area contributed by atoms with E-state index in [1.165, 1.54) is 0 Å². The average molecular weight is 364 g/mol. The van der Waals surface area contributed by atoms with Crippen LogP contribution in [0, 0.1) is 25.2 Å². The van der Waals surface area contributed by atoms with Crippen molar-refractivity contribution in [1.82, 2.24) is 4.98 Å². The average Bonchev–Trinajstić information content (AvgIpc) is 2.79. The third kappa shape index (κ3) is 3.60. The Hall–Kier alpha value is -3.40. The number of nitrogens with zero attached hydrogens (tertiary/aromatic N) is 2. The molecule has 0 radical (unpaired) electrons. The number of pyridine rings is 1. The third-order valence-corrected chi connectivity index (χ3v) is 4.84. The van der Waals surface area contributed by atoms with Gasteiger partial charge in [-0.15, -0.1) is 0 Å². The maximum Gasteiger partial charge on any atom is 0.266 e. The van der Waals surface area contributed by atoms with Gasteiger partial charge in [0.1, 0.15) is 11.6 Å². The Labute approximate surface area is 156 Å². The fourth-order valence-corrected chi connectivity index (χ4v) is 3.41. The summed E-state index contributed by atoms with van der Waals surface area (Å²) in [5.41, 5.74) is 3.05. The van der Waals surface area contributed by atoms with Crippen molar-refractivity contribution in [2.45, 2.75) is 33.1 Å². The molecule has 0 aliphatic carbocycles. The van der Waals surface area contributed by atoms with Gasteiger partial charge in [0.15, 0.2) is 0 Å². The monoisotopic (exact) mass is 364 g/mol. The summed E-state index contributed by atoms with van der Waals surface area (Å²) in [6.07, 6.45) is 0.846. The second-order valence-electron chi connectivity index (χ2n) is 6.53. The number of carbonyl (C=O) groups is 2. The van der Waals surface area contributed by atoms with E-state index in [2.05, 4.69) is 10.3 Å². The van der Waals surface area contributed by atoms with E-state index in [0.717, 1.165) is 5.56 Å². The van der Waals surface area contributed by atoms with Gasteiger partial charge in [0, 0.05) is 25.1 Å². The number of nitriles is 1. The molecule has 3 rings (SSSR count). The second kappa shape index (κ2) is 7.46. The van der Waals surface area contributed by atoms with Gasteiger partial charge in [0.05, 0.1) is 11.4 Å². The molecule has 2 N–H and O–H groups in total. The number of aromatic nitrogens is 1. The van der Waals surface area contributed by atoms with Crippen molar-refractivity contribution in [3.63, 3.8) is 0 Å². The van der Waals surface area contributed by atoms with Crippen LogP contribution < -0.4 is 15.8 Å². The van der Waals surface area contributed by atoms with Crippen molar-refractivity contribution in [3.8, 4) is 6.07 Å². The van der Waals surface area contributed by atoms with Crippen LogP contribution >= 0.6 is 0 Å².